The number of ether oxygens (including phenoxy) is 1. The van der Waals surface area contributed by atoms with E-state index in [0.717, 1.165) is 11.0 Å². The van der Waals surface area contributed by atoms with Crippen molar-refractivity contribution >= 4 is 29.1 Å². The molecule has 2 aromatic carbocycles. The van der Waals surface area contributed by atoms with Crippen LogP contribution in [0, 0.1) is 0 Å². The van der Waals surface area contributed by atoms with Crippen LogP contribution in [0.4, 0.5) is 5.69 Å². The number of carbonyl (C=O) groups is 2. The van der Waals surface area contributed by atoms with Crippen molar-refractivity contribution in [2.45, 2.75) is 12.3 Å². The molecular formula is C17H14ClNO5. The van der Waals surface area contributed by atoms with Crippen molar-refractivity contribution in [3.8, 4) is 17.2 Å². The van der Waals surface area contributed by atoms with Crippen molar-refractivity contribution < 1.29 is 24.5 Å². The summed E-state index contributed by atoms with van der Waals surface area (Å²) >= 11 is 6.06. The van der Waals surface area contributed by atoms with Gasteiger partial charge < -0.3 is 14.9 Å². The lowest BCUT2D eigenvalue weighted by Crippen LogP contribution is -2.30. The lowest BCUT2D eigenvalue weighted by molar-refractivity contribution is -0.121. The van der Waals surface area contributed by atoms with E-state index in [1.165, 1.54) is 25.3 Å². The molecule has 2 aromatic rings. The van der Waals surface area contributed by atoms with E-state index >= 15 is 0 Å². The molecule has 0 saturated carbocycles. The van der Waals surface area contributed by atoms with Gasteiger partial charge in [-0.1, -0.05) is 17.7 Å². The predicted octanol–water partition coefficient (Wildman–Crippen LogP) is 2.81. The average molecular weight is 348 g/mol. The van der Waals surface area contributed by atoms with E-state index in [2.05, 4.69) is 0 Å². The second-order valence-electron chi connectivity index (χ2n) is 5.39. The van der Waals surface area contributed by atoms with Crippen LogP contribution in [-0.4, -0.2) is 29.1 Å². The number of benzene rings is 2. The normalized spacial score (nSPS) is 17.4. The van der Waals surface area contributed by atoms with Crippen LogP contribution in [0.3, 0.4) is 0 Å². The molecule has 0 spiro atoms. The van der Waals surface area contributed by atoms with E-state index in [1.54, 1.807) is 12.1 Å². The fraction of sp³-hybridized carbons (Fsp3) is 0.176. The molecule has 1 saturated heterocycles. The highest BCUT2D eigenvalue weighted by molar-refractivity contribution is 6.33. The maximum absolute atomic E-state index is 12.7. The fourth-order valence-electron chi connectivity index (χ4n) is 2.77. The molecule has 1 unspecified atom stereocenters. The van der Waals surface area contributed by atoms with Crippen molar-refractivity contribution in [3.63, 3.8) is 0 Å². The summed E-state index contributed by atoms with van der Waals surface area (Å²) in [4.78, 5) is 26.0. The van der Waals surface area contributed by atoms with Crippen LogP contribution in [0.5, 0.6) is 17.2 Å². The molecule has 0 radical (unpaired) electrons. The number of phenols is 2. The Morgan fingerprint density at radius 1 is 1.17 bits per heavy atom. The van der Waals surface area contributed by atoms with Crippen molar-refractivity contribution in [2.75, 3.05) is 12.0 Å². The zero-order valence-corrected chi connectivity index (χ0v) is 13.4. The number of halogens is 1. The zero-order valence-electron chi connectivity index (χ0n) is 12.7. The van der Waals surface area contributed by atoms with Crippen molar-refractivity contribution in [3.05, 3.63) is 47.0 Å². The number of phenolic OH excluding ortho intramolecular Hbond substituents is 2. The Morgan fingerprint density at radius 3 is 2.54 bits per heavy atom. The van der Waals surface area contributed by atoms with Gasteiger partial charge >= 0.3 is 0 Å². The number of methoxy groups -OCH3 is 1. The molecule has 1 aliphatic rings. The number of aromatic hydroxyl groups is 2. The van der Waals surface area contributed by atoms with E-state index in [9.17, 15) is 19.8 Å². The van der Waals surface area contributed by atoms with Crippen molar-refractivity contribution in [2.24, 2.45) is 0 Å². The monoisotopic (exact) mass is 347 g/mol. The topological polar surface area (TPSA) is 87.1 Å². The first-order valence-electron chi connectivity index (χ1n) is 7.14. The Hall–Kier alpha value is -2.73. The minimum Gasteiger partial charge on any atom is -0.508 e. The maximum Gasteiger partial charge on any atom is 0.241 e. The molecule has 24 heavy (non-hydrogen) atoms. The summed E-state index contributed by atoms with van der Waals surface area (Å²) in [6, 6.07) is 8.56. The third-order valence-electron chi connectivity index (χ3n) is 3.93. The second kappa shape index (κ2) is 6.05. The molecule has 1 heterocycles. The smallest absolute Gasteiger partial charge is 0.241 e. The standard InChI is InChI=1S/C17H14ClNO5/c1-24-15-5-2-9(6-13(15)18)19-16(22)8-12(17(19)23)11-4-3-10(20)7-14(11)21/h2-7,12,20-21H,8H2,1H3. The van der Waals surface area contributed by atoms with Crippen LogP contribution in [0.1, 0.15) is 17.9 Å². The maximum atomic E-state index is 12.7. The number of nitrogens with zero attached hydrogens (tertiary/aromatic N) is 1. The molecule has 6 nitrogen and oxygen atoms in total. The van der Waals surface area contributed by atoms with Crippen LogP contribution >= 0.6 is 11.6 Å². The second-order valence-corrected chi connectivity index (χ2v) is 5.79. The molecule has 1 aliphatic heterocycles. The first-order chi connectivity index (χ1) is 11.4. The van der Waals surface area contributed by atoms with Crippen LogP contribution in [0.25, 0.3) is 0 Å². The average Bonchev–Trinajstić information content (AvgIpc) is 2.82. The number of anilines is 1. The van der Waals surface area contributed by atoms with Gasteiger partial charge in [-0.3, -0.25) is 9.59 Å². The molecule has 0 aromatic heterocycles. The molecular weight excluding hydrogens is 334 g/mol. The van der Waals surface area contributed by atoms with Crippen LogP contribution in [-0.2, 0) is 9.59 Å². The SMILES string of the molecule is COc1ccc(N2C(=O)CC(c3ccc(O)cc3O)C2=O)cc1Cl. The highest BCUT2D eigenvalue weighted by Crippen LogP contribution is 2.39. The summed E-state index contributed by atoms with van der Waals surface area (Å²) in [5.41, 5.74) is 0.643. The zero-order chi connectivity index (χ0) is 17.4. The number of rotatable bonds is 3. The largest absolute Gasteiger partial charge is 0.508 e. The molecule has 124 valence electrons. The van der Waals surface area contributed by atoms with E-state index in [0.29, 0.717) is 17.0 Å². The summed E-state index contributed by atoms with van der Waals surface area (Å²) in [5.74, 6) is -1.56. The van der Waals surface area contributed by atoms with Crippen molar-refractivity contribution in [1.82, 2.24) is 0 Å². The summed E-state index contributed by atoms with van der Waals surface area (Å²) in [6.07, 6.45) is -0.0686. The summed E-state index contributed by atoms with van der Waals surface area (Å²) < 4.78 is 5.06. The van der Waals surface area contributed by atoms with Crippen LogP contribution < -0.4 is 9.64 Å². The number of amides is 2. The lowest BCUT2D eigenvalue weighted by atomic mass is 9.96. The van der Waals surface area contributed by atoms with Gasteiger partial charge in [0, 0.05) is 18.1 Å². The van der Waals surface area contributed by atoms with Gasteiger partial charge in [-0.25, -0.2) is 4.90 Å². The number of hydrogen-bond donors (Lipinski definition) is 2. The minimum atomic E-state index is -0.807. The highest BCUT2D eigenvalue weighted by Gasteiger charge is 2.41. The summed E-state index contributed by atoms with van der Waals surface area (Å²) in [5, 5.41) is 19.6. The third kappa shape index (κ3) is 2.65. The van der Waals surface area contributed by atoms with Gasteiger partial charge in [0.2, 0.25) is 11.8 Å². The lowest BCUT2D eigenvalue weighted by Gasteiger charge is -2.16. The minimum absolute atomic E-state index is 0.0686. The molecule has 1 fully saturated rings. The number of carbonyl (C=O) groups excluding carboxylic acids is 2. The predicted molar refractivity (Wildman–Crippen MR) is 87.6 cm³/mol. The molecule has 2 N–H and O–H groups in total. The first-order valence-corrected chi connectivity index (χ1v) is 7.52. The van der Waals surface area contributed by atoms with Gasteiger partial charge in [0.25, 0.3) is 0 Å². The number of imide groups is 1. The molecule has 1 atom stereocenters. The molecule has 0 bridgehead atoms. The first kappa shape index (κ1) is 16.1. The van der Waals surface area contributed by atoms with Gasteiger partial charge in [0.15, 0.2) is 0 Å². The van der Waals surface area contributed by atoms with Gasteiger partial charge in [0.05, 0.1) is 23.7 Å². The fourth-order valence-corrected chi connectivity index (χ4v) is 3.02. The summed E-state index contributed by atoms with van der Waals surface area (Å²) in [6.45, 7) is 0. The molecule has 2 amide bonds. The van der Waals surface area contributed by atoms with Crippen LogP contribution in [0.2, 0.25) is 5.02 Å². The number of hydrogen-bond acceptors (Lipinski definition) is 5. The third-order valence-corrected chi connectivity index (χ3v) is 4.23. The molecule has 7 heteroatoms. The van der Waals surface area contributed by atoms with Gasteiger partial charge in [0.1, 0.15) is 17.2 Å². The highest BCUT2D eigenvalue weighted by atomic mass is 35.5. The Labute approximate surface area is 142 Å². The van der Waals surface area contributed by atoms with Gasteiger partial charge in [-0.05, 0) is 24.3 Å². The van der Waals surface area contributed by atoms with E-state index in [1.807, 2.05) is 0 Å². The molecule has 3 rings (SSSR count). The summed E-state index contributed by atoms with van der Waals surface area (Å²) in [7, 11) is 1.47. The van der Waals surface area contributed by atoms with E-state index < -0.39 is 17.7 Å². The van der Waals surface area contributed by atoms with E-state index in [-0.39, 0.29) is 22.9 Å². The van der Waals surface area contributed by atoms with Gasteiger partial charge in [-0.2, -0.15) is 0 Å². The van der Waals surface area contributed by atoms with Crippen LogP contribution in [0.15, 0.2) is 36.4 Å². The Morgan fingerprint density at radius 2 is 1.92 bits per heavy atom. The van der Waals surface area contributed by atoms with Gasteiger partial charge in [-0.15, -0.1) is 0 Å². The van der Waals surface area contributed by atoms with Crippen molar-refractivity contribution in [1.29, 1.82) is 0 Å². The van der Waals surface area contributed by atoms with E-state index in [4.69, 9.17) is 16.3 Å². The Kier molecular flexibility index (Phi) is 4.07. The quantitative estimate of drug-likeness (QED) is 0.834. The Bertz CT molecular complexity index is 836. The molecule has 0 aliphatic carbocycles. The Balaban J connectivity index is 1.96.